The predicted molar refractivity (Wildman–Crippen MR) is 109 cm³/mol. The van der Waals surface area contributed by atoms with Crippen LogP contribution in [0.5, 0.6) is 0 Å². The van der Waals surface area contributed by atoms with Crippen LogP contribution in [0.2, 0.25) is 0 Å². The van der Waals surface area contributed by atoms with Crippen molar-refractivity contribution in [3.8, 4) is 0 Å². The molecule has 3 amide bonds. The van der Waals surface area contributed by atoms with Gasteiger partial charge in [0.1, 0.15) is 6.54 Å². The van der Waals surface area contributed by atoms with Gasteiger partial charge in [-0.1, -0.05) is 18.2 Å². The molecule has 2 aromatic carbocycles. The van der Waals surface area contributed by atoms with Crippen molar-refractivity contribution in [3.05, 3.63) is 69.6 Å². The lowest BCUT2D eigenvalue weighted by molar-refractivity contribution is -0.137. The quantitative estimate of drug-likeness (QED) is 0.688. The van der Waals surface area contributed by atoms with Gasteiger partial charge in [0.05, 0.1) is 10.5 Å². The van der Waals surface area contributed by atoms with Crippen molar-refractivity contribution in [2.45, 2.75) is 20.0 Å². The summed E-state index contributed by atoms with van der Waals surface area (Å²) in [6.07, 6.45) is -3.31. The summed E-state index contributed by atoms with van der Waals surface area (Å²) >= 11 is 0.580. The molecular formula is C21H17F3N2O3S. The molecule has 156 valence electrons. The van der Waals surface area contributed by atoms with Gasteiger partial charge in [0.15, 0.2) is 0 Å². The van der Waals surface area contributed by atoms with Gasteiger partial charge in [-0.2, -0.15) is 13.2 Å². The molecule has 1 heterocycles. The molecule has 0 aromatic heterocycles. The van der Waals surface area contributed by atoms with Crippen molar-refractivity contribution in [2.24, 2.45) is 0 Å². The first-order valence-corrected chi connectivity index (χ1v) is 9.66. The Morgan fingerprint density at radius 3 is 2.50 bits per heavy atom. The van der Waals surface area contributed by atoms with E-state index in [-0.39, 0.29) is 10.5 Å². The number of aryl methyl sites for hydroxylation is 2. The maximum absolute atomic E-state index is 12.9. The Morgan fingerprint density at radius 2 is 1.83 bits per heavy atom. The number of carbonyl (C=O) groups is 3. The number of carbonyl (C=O) groups excluding carboxylic acids is 3. The third-order valence-electron chi connectivity index (χ3n) is 4.48. The molecule has 1 N–H and O–H groups in total. The highest BCUT2D eigenvalue weighted by Gasteiger charge is 2.36. The number of amides is 3. The minimum Gasteiger partial charge on any atom is -0.325 e. The van der Waals surface area contributed by atoms with Crippen LogP contribution in [0.1, 0.15) is 22.3 Å². The van der Waals surface area contributed by atoms with Crippen LogP contribution in [0, 0.1) is 13.8 Å². The standard InChI is InChI=1S/C21H17F3N2O3S/c1-12-6-7-16(8-13(12)2)25-18(27)11-26-19(28)17(30-20(26)29)10-14-4-3-5-15(9-14)21(22,23)24/h3-10H,11H2,1-2H3,(H,25,27)/b17-10+. The first-order valence-electron chi connectivity index (χ1n) is 8.84. The van der Waals surface area contributed by atoms with E-state index in [9.17, 15) is 27.6 Å². The van der Waals surface area contributed by atoms with Crippen LogP contribution in [-0.2, 0) is 15.8 Å². The lowest BCUT2D eigenvalue weighted by Crippen LogP contribution is -2.36. The molecule has 1 fully saturated rings. The molecule has 0 spiro atoms. The van der Waals surface area contributed by atoms with Gasteiger partial charge in [-0.25, -0.2) is 0 Å². The Bertz CT molecular complexity index is 1060. The molecule has 5 nitrogen and oxygen atoms in total. The summed E-state index contributed by atoms with van der Waals surface area (Å²) in [5.74, 6) is -1.28. The number of halogens is 3. The minimum absolute atomic E-state index is 0.0432. The van der Waals surface area contributed by atoms with Crippen molar-refractivity contribution in [1.82, 2.24) is 4.90 Å². The number of imide groups is 1. The number of hydrogen-bond acceptors (Lipinski definition) is 4. The fraction of sp³-hybridized carbons (Fsp3) is 0.190. The average molecular weight is 434 g/mol. The Hall–Kier alpha value is -3.07. The van der Waals surface area contributed by atoms with Crippen molar-refractivity contribution >= 4 is 40.6 Å². The molecule has 0 aliphatic carbocycles. The summed E-state index contributed by atoms with van der Waals surface area (Å²) in [4.78, 5) is 37.7. The Balaban J connectivity index is 1.72. The molecule has 0 radical (unpaired) electrons. The highest BCUT2D eigenvalue weighted by molar-refractivity contribution is 8.18. The predicted octanol–water partition coefficient (Wildman–Crippen LogP) is 5.00. The second-order valence-corrected chi connectivity index (χ2v) is 7.73. The summed E-state index contributed by atoms with van der Waals surface area (Å²) in [5.41, 5.74) is 1.84. The number of benzene rings is 2. The van der Waals surface area contributed by atoms with Gasteiger partial charge in [0.2, 0.25) is 5.91 Å². The number of nitrogens with one attached hydrogen (secondary N) is 1. The van der Waals surface area contributed by atoms with Crippen LogP contribution >= 0.6 is 11.8 Å². The molecular weight excluding hydrogens is 417 g/mol. The molecule has 0 saturated carbocycles. The maximum atomic E-state index is 12.9. The first-order chi connectivity index (χ1) is 14.0. The number of hydrogen-bond donors (Lipinski definition) is 1. The number of rotatable bonds is 4. The highest BCUT2D eigenvalue weighted by Crippen LogP contribution is 2.34. The van der Waals surface area contributed by atoms with Gasteiger partial charge < -0.3 is 5.32 Å². The molecule has 0 bridgehead atoms. The molecule has 2 aromatic rings. The SMILES string of the molecule is Cc1ccc(NC(=O)CN2C(=O)S/C(=C/c3cccc(C(F)(F)F)c3)C2=O)cc1C. The van der Waals surface area contributed by atoms with E-state index < -0.39 is 35.3 Å². The zero-order valence-electron chi connectivity index (χ0n) is 16.0. The van der Waals surface area contributed by atoms with E-state index in [1.165, 1.54) is 18.2 Å². The van der Waals surface area contributed by atoms with Crippen LogP contribution in [-0.4, -0.2) is 28.5 Å². The van der Waals surface area contributed by atoms with E-state index >= 15 is 0 Å². The van der Waals surface area contributed by atoms with E-state index in [1.54, 1.807) is 12.1 Å². The smallest absolute Gasteiger partial charge is 0.325 e. The normalized spacial score (nSPS) is 15.8. The summed E-state index contributed by atoms with van der Waals surface area (Å²) in [6, 6.07) is 9.74. The largest absolute Gasteiger partial charge is 0.416 e. The topological polar surface area (TPSA) is 66.5 Å². The van der Waals surface area contributed by atoms with Crippen LogP contribution in [0.4, 0.5) is 23.7 Å². The van der Waals surface area contributed by atoms with Crippen molar-refractivity contribution in [2.75, 3.05) is 11.9 Å². The molecule has 1 saturated heterocycles. The maximum Gasteiger partial charge on any atom is 0.416 e. The third kappa shape index (κ3) is 4.91. The molecule has 1 aliphatic rings. The Labute approximate surface area is 174 Å². The van der Waals surface area contributed by atoms with Gasteiger partial charge in [-0.05, 0) is 72.6 Å². The molecule has 9 heteroatoms. The zero-order valence-corrected chi connectivity index (χ0v) is 16.9. The number of thioether (sulfide) groups is 1. The fourth-order valence-corrected chi connectivity index (χ4v) is 3.59. The second kappa shape index (κ2) is 8.35. The summed E-state index contributed by atoms with van der Waals surface area (Å²) < 4.78 is 38.6. The van der Waals surface area contributed by atoms with Crippen LogP contribution < -0.4 is 5.32 Å². The summed E-state index contributed by atoms with van der Waals surface area (Å²) in [7, 11) is 0. The van der Waals surface area contributed by atoms with Gasteiger partial charge in [0, 0.05) is 5.69 Å². The lowest BCUT2D eigenvalue weighted by atomic mass is 10.1. The lowest BCUT2D eigenvalue weighted by Gasteiger charge is -2.13. The van der Waals surface area contributed by atoms with Gasteiger partial charge in [-0.15, -0.1) is 0 Å². The average Bonchev–Trinajstić information content (AvgIpc) is 2.92. The molecule has 30 heavy (non-hydrogen) atoms. The second-order valence-electron chi connectivity index (χ2n) is 6.74. The van der Waals surface area contributed by atoms with E-state index in [2.05, 4.69) is 5.32 Å². The Morgan fingerprint density at radius 1 is 1.10 bits per heavy atom. The third-order valence-corrected chi connectivity index (χ3v) is 5.39. The minimum atomic E-state index is -4.52. The van der Waals surface area contributed by atoms with Crippen molar-refractivity contribution in [1.29, 1.82) is 0 Å². The number of alkyl halides is 3. The highest BCUT2D eigenvalue weighted by atomic mass is 32.2. The fourth-order valence-electron chi connectivity index (χ4n) is 2.76. The Kier molecular flexibility index (Phi) is 6.02. The molecule has 1 aliphatic heterocycles. The summed E-state index contributed by atoms with van der Waals surface area (Å²) in [6.45, 7) is 3.33. The van der Waals surface area contributed by atoms with E-state index in [0.29, 0.717) is 17.4 Å². The monoisotopic (exact) mass is 434 g/mol. The first kappa shape index (κ1) is 21.6. The van der Waals surface area contributed by atoms with Crippen LogP contribution in [0.3, 0.4) is 0 Å². The van der Waals surface area contributed by atoms with E-state index in [0.717, 1.165) is 28.2 Å². The van der Waals surface area contributed by atoms with E-state index in [1.807, 2.05) is 19.9 Å². The number of nitrogens with zero attached hydrogens (tertiary/aromatic N) is 1. The molecule has 0 atom stereocenters. The summed E-state index contributed by atoms with van der Waals surface area (Å²) in [5, 5.41) is 1.97. The van der Waals surface area contributed by atoms with Gasteiger partial charge in [0.25, 0.3) is 11.1 Å². The van der Waals surface area contributed by atoms with E-state index in [4.69, 9.17) is 0 Å². The number of anilines is 1. The van der Waals surface area contributed by atoms with Crippen molar-refractivity contribution in [3.63, 3.8) is 0 Å². The van der Waals surface area contributed by atoms with Crippen LogP contribution in [0.15, 0.2) is 47.4 Å². The zero-order chi connectivity index (χ0) is 22.1. The molecule has 3 rings (SSSR count). The molecule has 0 unspecified atom stereocenters. The van der Waals surface area contributed by atoms with Crippen LogP contribution in [0.25, 0.3) is 6.08 Å². The van der Waals surface area contributed by atoms with Crippen molar-refractivity contribution < 1.29 is 27.6 Å². The van der Waals surface area contributed by atoms with Gasteiger partial charge >= 0.3 is 6.18 Å². The van der Waals surface area contributed by atoms with Gasteiger partial charge in [-0.3, -0.25) is 19.3 Å².